The first kappa shape index (κ1) is 15.6. The summed E-state index contributed by atoms with van der Waals surface area (Å²) in [7, 11) is 0. The summed E-state index contributed by atoms with van der Waals surface area (Å²) < 4.78 is 1.99. The fraction of sp³-hybridized carbons (Fsp3) is 0.400. The van der Waals surface area contributed by atoms with Gasteiger partial charge in [-0.25, -0.2) is 0 Å². The Morgan fingerprint density at radius 1 is 1.24 bits per heavy atom. The van der Waals surface area contributed by atoms with Gasteiger partial charge in [0.05, 0.1) is 5.75 Å². The molecular weight excluding hydrogens is 286 g/mol. The number of aryl methyl sites for hydroxylation is 3. The minimum Gasteiger partial charge on any atom is -0.481 e. The number of aromatic nitrogens is 3. The number of hydrogen-bond acceptors (Lipinski definition) is 4. The van der Waals surface area contributed by atoms with E-state index in [1.165, 1.54) is 22.9 Å². The third-order valence-electron chi connectivity index (χ3n) is 3.19. The highest BCUT2D eigenvalue weighted by atomic mass is 32.2. The van der Waals surface area contributed by atoms with Gasteiger partial charge >= 0.3 is 5.97 Å². The second-order valence-corrected chi connectivity index (χ2v) is 5.75. The Labute approximate surface area is 128 Å². The number of carbonyl (C=O) groups is 1. The molecule has 0 aliphatic heterocycles. The van der Waals surface area contributed by atoms with Gasteiger partial charge in [0.15, 0.2) is 5.16 Å². The molecule has 2 rings (SSSR count). The van der Waals surface area contributed by atoms with Crippen molar-refractivity contribution in [2.45, 2.75) is 38.4 Å². The van der Waals surface area contributed by atoms with E-state index in [0.717, 1.165) is 25.2 Å². The minimum atomic E-state index is -0.841. The summed E-state index contributed by atoms with van der Waals surface area (Å²) in [5.41, 5.74) is 2.52. The number of nitrogens with zero attached hydrogens (tertiary/aromatic N) is 3. The van der Waals surface area contributed by atoms with Crippen molar-refractivity contribution in [3.8, 4) is 0 Å². The summed E-state index contributed by atoms with van der Waals surface area (Å²) >= 11 is 1.21. The number of aliphatic carboxylic acids is 1. The molecular formula is C15H19N3O2S. The van der Waals surface area contributed by atoms with Gasteiger partial charge in [-0.1, -0.05) is 41.6 Å². The van der Waals surface area contributed by atoms with Crippen molar-refractivity contribution in [2.75, 3.05) is 5.75 Å². The minimum absolute atomic E-state index is 0.0100. The number of hydrogen-bond donors (Lipinski definition) is 1. The molecule has 0 bridgehead atoms. The quantitative estimate of drug-likeness (QED) is 0.796. The zero-order valence-electron chi connectivity index (χ0n) is 12.2. The Balaban J connectivity index is 2.02. The molecule has 21 heavy (non-hydrogen) atoms. The lowest BCUT2D eigenvalue weighted by Gasteiger charge is -2.06. The lowest BCUT2D eigenvalue weighted by Crippen LogP contribution is -2.06. The van der Waals surface area contributed by atoms with Gasteiger partial charge in [0, 0.05) is 13.0 Å². The van der Waals surface area contributed by atoms with Gasteiger partial charge in [0.1, 0.15) is 5.82 Å². The third kappa shape index (κ3) is 4.32. The largest absolute Gasteiger partial charge is 0.481 e. The molecule has 1 aromatic carbocycles. The van der Waals surface area contributed by atoms with E-state index in [1.54, 1.807) is 0 Å². The number of carboxylic acid groups (broad SMARTS) is 1. The van der Waals surface area contributed by atoms with Crippen LogP contribution in [0.25, 0.3) is 0 Å². The van der Waals surface area contributed by atoms with Crippen LogP contribution in [0.5, 0.6) is 0 Å². The number of benzene rings is 1. The lowest BCUT2D eigenvalue weighted by molar-refractivity contribution is -0.133. The number of thioether (sulfide) groups is 1. The van der Waals surface area contributed by atoms with Crippen molar-refractivity contribution in [1.82, 2.24) is 14.8 Å². The molecule has 6 heteroatoms. The Morgan fingerprint density at radius 3 is 2.57 bits per heavy atom. The maximum atomic E-state index is 10.6. The van der Waals surface area contributed by atoms with E-state index in [9.17, 15) is 4.79 Å². The van der Waals surface area contributed by atoms with Crippen molar-refractivity contribution < 1.29 is 9.90 Å². The van der Waals surface area contributed by atoms with Crippen LogP contribution in [0.15, 0.2) is 29.4 Å². The normalized spacial score (nSPS) is 10.8. The Morgan fingerprint density at radius 2 is 1.95 bits per heavy atom. The van der Waals surface area contributed by atoms with Crippen molar-refractivity contribution in [1.29, 1.82) is 0 Å². The summed E-state index contributed by atoms with van der Waals surface area (Å²) in [6.07, 6.45) is 1.71. The van der Waals surface area contributed by atoms with Gasteiger partial charge < -0.3 is 9.67 Å². The average Bonchev–Trinajstić information content (AvgIpc) is 2.86. The van der Waals surface area contributed by atoms with E-state index >= 15 is 0 Å². The molecule has 2 aromatic rings. The van der Waals surface area contributed by atoms with Gasteiger partial charge in [-0.2, -0.15) is 0 Å². The summed E-state index contributed by atoms with van der Waals surface area (Å²) in [5, 5.41) is 17.7. The van der Waals surface area contributed by atoms with Crippen LogP contribution < -0.4 is 0 Å². The van der Waals surface area contributed by atoms with E-state index in [0.29, 0.717) is 5.16 Å². The smallest absolute Gasteiger partial charge is 0.313 e. The van der Waals surface area contributed by atoms with Crippen LogP contribution in [0, 0.1) is 6.92 Å². The monoisotopic (exact) mass is 305 g/mol. The highest BCUT2D eigenvalue weighted by Crippen LogP contribution is 2.18. The fourth-order valence-electron chi connectivity index (χ4n) is 2.07. The predicted molar refractivity (Wildman–Crippen MR) is 82.6 cm³/mol. The average molecular weight is 305 g/mol. The summed E-state index contributed by atoms with van der Waals surface area (Å²) in [6.45, 7) is 4.84. The highest BCUT2D eigenvalue weighted by molar-refractivity contribution is 7.99. The zero-order valence-corrected chi connectivity index (χ0v) is 13.1. The topological polar surface area (TPSA) is 68.0 Å². The van der Waals surface area contributed by atoms with Crippen LogP contribution >= 0.6 is 11.8 Å². The molecule has 1 heterocycles. The van der Waals surface area contributed by atoms with Crippen molar-refractivity contribution in [2.24, 2.45) is 0 Å². The molecule has 1 aromatic heterocycles. The Bertz CT molecular complexity index is 608. The third-order valence-corrected chi connectivity index (χ3v) is 4.14. The van der Waals surface area contributed by atoms with Gasteiger partial charge in [-0.15, -0.1) is 10.2 Å². The maximum Gasteiger partial charge on any atom is 0.313 e. The van der Waals surface area contributed by atoms with Gasteiger partial charge in [0.25, 0.3) is 0 Å². The summed E-state index contributed by atoms with van der Waals surface area (Å²) in [5.74, 6) is 0.0774. The first-order chi connectivity index (χ1) is 10.1. The van der Waals surface area contributed by atoms with E-state index in [-0.39, 0.29) is 5.75 Å². The molecule has 112 valence electrons. The predicted octanol–water partition coefficient (Wildman–Crippen LogP) is 2.57. The molecule has 0 saturated carbocycles. The molecule has 0 amide bonds. The summed E-state index contributed by atoms with van der Waals surface area (Å²) in [4.78, 5) is 10.6. The second kappa shape index (κ2) is 7.26. The second-order valence-electron chi connectivity index (χ2n) is 4.81. The Hall–Kier alpha value is -1.82. The zero-order chi connectivity index (χ0) is 15.2. The first-order valence-electron chi connectivity index (χ1n) is 6.92. The van der Waals surface area contributed by atoms with Crippen LogP contribution in [0.1, 0.15) is 23.9 Å². The van der Waals surface area contributed by atoms with Crippen LogP contribution in [0.3, 0.4) is 0 Å². The Kier molecular flexibility index (Phi) is 5.38. The highest BCUT2D eigenvalue weighted by Gasteiger charge is 2.12. The van der Waals surface area contributed by atoms with Crippen LogP contribution in [0.4, 0.5) is 0 Å². The molecule has 0 saturated heterocycles. The molecule has 1 N–H and O–H groups in total. The number of carboxylic acids is 1. The molecule has 0 unspecified atom stereocenters. The van der Waals surface area contributed by atoms with Crippen LogP contribution in [-0.4, -0.2) is 31.6 Å². The standard InChI is InChI=1S/C15H19N3O2S/c1-3-18-13(16-17-15(18)21-10-14(19)20)9-8-12-6-4-11(2)5-7-12/h4-7H,3,8-10H2,1-2H3,(H,19,20). The van der Waals surface area contributed by atoms with Gasteiger partial charge in [0.2, 0.25) is 0 Å². The van der Waals surface area contributed by atoms with Gasteiger partial charge in [-0.3, -0.25) is 4.79 Å². The van der Waals surface area contributed by atoms with Crippen LogP contribution in [0.2, 0.25) is 0 Å². The van der Waals surface area contributed by atoms with Crippen molar-refractivity contribution in [3.63, 3.8) is 0 Å². The van der Waals surface area contributed by atoms with Crippen molar-refractivity contribution in [3.05, 3.63) is 41.2 Å². The maximum absolute atomic E-state index is 10.6. The molecule has 0 spiro atoms. The molecule has 0 radical (unpaired) electrons. The van der Waals surface area contributed by atoms with E-state index in [1.807, 2.05) is 11.5 Å². The molecule has 0 atom stereocenters. The van der Waals surface area contributed by atoms with E-state index in [2.05, 4.69) is 41.4 Å². The molecule has 0 aliphatic carbocycles. The van der Waals surface area contributed by atoms with Crippen molar-refractivity contribution >= 4 is 17.7 Å². The lowest BCUT2D eigenvalue weighted by atomic mass is 10.1. The first-order valence-corrected chi connectivity index (χ1v) is 7.91. The van der Waals surface area contributed by atoms with Crippen LogP contribution in [-0.2, 0) is 24.2 Å². The molecule has 5 nitrogen and oxygen atoms in total. The SMILES string of the molecule is CCn1c(CCc2ccc(C)cc2)nnc1SCC(=O)O. The van der Waals surface area contributed by atoms with E-state index in [4.69, 9.17) is 5.11 Å². The number of rotatable bonds is 7. The molecule has 0 aliphatic rings. The molecule has 0 fully saturated rings. The fourth-order valence-corrected chi connectivity index (χ4v) is 2.81. The summed E-state index contributed by atoms with van der Waals surface area (Å²) in [6, 6.07) is 8.46. The van der Waals surface area contributed by atoms with E-state index < -0.39 is 5.97 Å². The van der Waals surface area contributed by atoms with Gasteiger partial charge in [-0.05, 0) is 25.8 Å².